The van der Waals surface area contributed by atoms with Gasteiger partial charge in [-0.15, -0.1) is 0 Å². The van der Waals surface area contributed by atoms with Gasteiger partial charge < -0.3 is 13.8 Å². The number of imidazole rings is 1. The van der Waals surface area contributed by atoms with Gasteiger partial charge in [0, 0.05) is 11.1 Å². The highest BCUT2D eigenvalue weighted by molar-refractivity contribution is 6.27. The van der Waals surface area contributed by atoms with E-state index in [0.29, 0.717) is 37.3 Å². The van der Waals surface area contributed by atoms with Gasteiger partial charge in [0.1, 0.15) is 24.5 Å². The largest absolute Gasteiger partial charge is 0.449 e. The molecule has 1 aliphatic carbocycles. The molecule has 0 atom stereocenters. The van der Waals surface area contributed by atoms with Crippen LogP contribution in [0.4, 0.5) is 13.2 Å². The Kier molecular flexibility index (Phi) is 4.39. The Morgan fingerprint density at radius 3 is 2.32 bits per heavy atom. The van der Waals surface area contributed by atoms with Crippen LogP contribution in [0.1, 0.15) is 37.9 Å². The van der Waals surface area contributed by atoms with E-state index in [-0.39, 0.29) is 23.4 Å². The van der Waals surface area contributed by atoms with Crippen LogP contribution in [0.2, 0.25) is 0 Å². The first kappa shape index (κ1) is 18.8. The van der Waals surface area contributed by atoms with E-state index >= 15 is 0 Å². The van der Waals surface area contributed by atoms with E-state index in [0.717, 1.165) is 4.57 Å². The number of carbonyl (C=O) groups is 2. The average Bonchev–Trinajstić information content (AvgIpc) is 3.06. The van der Waals surface area contributed by atoms with E-state index in [1.807, 2.05) is 7.05 Å². The number of hydrogen-bond donors (Lipinski definition) is 0. The second kappa shape index (κ2) is 6.52. The second-order valence-corrected chi connectivity index (χ2v) is 7.39. The molecular formula is C19H19F3N3O3+. The first-order valence-corrected chi connectivity index (χ1v) is 8.99. The molecule has 0 N–H and O–H groups in total. The van der Waals surface area contributed by atoms with Crippen LogP contribution in [0.25, 0.3) is 0 Å². The fraction of sp³-hybridized carbons (Fsp3) is 0.421. The third-order valence-electron chi connectivity index (χ3n) is 5.48. The molecule has 1 fully saturated rings. The Morgan fingerprint density at radius 2 is 1.71 bits per heavy atom. The molecule has 28 heavy (non-hydrogen) atoms. The minimum Gasteiger partial charge on any atom is -0.370 e. The van der Waals surface area contributed by atoms with Gasteiger partial charge in [0.2, 0.25) is 17.4 Å². The molecule has 4 rings (SSSR count). The van der Waals surface area contributed by atoms with Gasteiger partial charge in [-0.3, -0.25) is 9.59 Å². The number of hydrogen-bond acceptors (Lipinski definition) is 4. The van der Waals surface area contributed by atoms with Crippen molar-refractivity contribution in [3.8, 4) is 0 Å². The highest BCUT2D eigenvalue weighted by Gasteiger charge is 2.44. The van der Waals surface area contributed by atoms with Crippen LogP contribution in [-0.2, 0) is 17.5 Å². The van der Waals surface area contributed by atoms with E-state index < -0.39 is 29.3 Å². The van der Waals surface area contributed by atoms with Crippen molar-refractivity contribution in [1.29, 1.82) is 0 Å². The summed E-state index contributed by atoms with van der Waals surface area (Å²) in [5, 5.41) is 0. The molecule has 2 aliphatic rings. The van der Waals surface area contributed by atoms with Crippen LogP contribution in [-0.4, -0.2) is 65.5 Å². The number of nitrogens with zero attached hydrogens (tertiary/aromatic N) is 3. The number of quaternary nitrogens is 1. The Morgan fingerprint density at radius 1 is 1.11 bits per heavy atom. The lowest BCUT2D eigenvalue weighted by atomic mass is 9.90. The molecule has 1 aromatic carbocycles. The molecule has 6 nitrogen and oxygen atoms in total. The molecule has 0 spiro atoms. The van der Waals surface area contributed by atoms with Crippen LogP contribution in [0.3, 0.4) is 0 Å². The van der Waals surface area contributed by atoms with Gasteiger partial charge in [0.05, 0.1) is 33.4 Å². The van der Waals surface area contributed by atoms with Crippen LogP contribution in [0.15, 0.2) is 24.3 Å². The number of ether oxygens (including phenoxy) is 1. The molecule has 0 amide bonds. The molecule has 0 saturated carbocycles. The number of aromatic nitrogens is 2. The number of benzene rings is 1. The van der Waals surface area contributed by atoms with Gasteiger partial charge in [-0.1, -0.05) is 24.3 Å². The van der Waals surface area contributed by atoms with Crippen molar-refractivity contribution >= 4 is 11.6 Å². The number of fused-ring (bicyclic) bond motifs is 2. The third kappa shape index (κ3) is 3.04. The minimum atomic E-state index is -4.77. The summed E-state index contributed by atoms with van der Waals surface area (Å²) in [4.78, 5) is 29.2. The van der Waals surface area contributed by atoms with E-state index in [2.05, 4.69) is 4.98 Å². The monoisotopic (exact) mass is 394 g/mol. The maximum atomic E-state index is 13.6. The summed E-state index contributed by atoms with van der Waals surface area (Å²) in [5.41, 5.74) is -0.483. The van der Waals surface area contributed by atoms with E-state index in [9.17, 15) is 22.8 Å². The summed E-state index contributed by atoms with van der Waals surface area (Å²) in [6.07, 6.45) is -4.77. The molecule has 1 saturated heterocycles. The molecular weight excluding hydrogens is 375 g/mol. The number of ketones is 2. The van der Waals surface area contributed by atoms with E-state index in [4.69, 9.17) is 4.74 Å². The van der Waals surface area contributed by atoms with Crippen molar-refractivity contribution in [3.05, 3.63) is 52.6 Å². The van der Waals surface area contributed by atoms with Gasteiger partial charge in [0.25, 0.3) is 0 Å². The smallest absolute Gasteiger partial charge is 0.370 e. The predicted molar refractivity (Wildman–Crippen MR) is 92.1 cm³/mol. The van der Waals surface area contributed by atoms with Crippen LogP contribution in [0, 0.1) is 0 Å². The SMILES string of the molecule is C[N+]1(CCn2c(C(F)(F)F)nc3c2C(=O)c2ccccc2C3=O)CCOCC1. The lowest BCUT2D eigenvalue weighted by molar-refractivity contribution is -0.917. The number of carbonyl (C=O) groups excluding carboxylic acids is 2. The summed E-state index contributed by atoms with van der Waals surface area (Å²) in [6.45, 7) is 2.74. The highest BCUT2D eigenvalue weighted by Crippen LogP contribution is 2.34. The van der Waals surface area contributed by atoms with Gasteiger partial charge >= 0.3 is 6.18 Å². The number of rotatable bonds is 3. The Hall–Kier alpha value is -2.52. The standard InChI is InChI=1S/C19H19F3N3O3/c1-25(8-10-28-11-9-25)7-6-24-15-14(23-18(24)19(20,21)22)16(26)12-4-2-3-5-13(12)17(15)27/h2-5H,6-11H2,1H3/q+1. The number of morpholine rings is 1. The van der Waals surface area contributed by atoms with Gasteiger partial charge in [-0.25, -0.2) is 4.98 Å². The fourth-order valence-corrected chi connectivity index (χ4v) is 3.76. The van der Waals surface area contributed by atoms with Gasteiger partial charge in [0.15, 0.2) is 0 Å². The topological polar surface area (TPSA) is 61.2 Å². The molecule has 0 radical (unpaired) electrons. The molecule has 1 aromatic heterocycles. The predicted octanol–water partition coefficient (Wildman–Crippen LogP) is 2.15. The summed E-state index contributed by atoms with van der Waals surface area (Å²) in [6, 6.07) is 6.05. The highest BCUT2D eigenvalue weighted by atomic mass is 19.4. The zero-order valence-corrected chi connectivity index (χ0v) is 15.3. The molecule has 0 bridgehead atoms. The quantitative estimate of drug-likeness (QED) is 0.639. The zero-order chi connectivity index (χ0) is 20.1. The molecule has 9 heteroatoms. The summed E-state index contributed by atoms with van der Waals surface area (Å²) in [5.74, 6) is -2.45. The molecule has 1 aliphatic heterocycles. The average molecular weight is 394 g/mol. The second-order valence-electron chi connectivity index (χ2n) is 7.39. The first-order chi connectivity index (χ1) is 13.2. The maximum absolute atomic E-state index is 13.6. The number of halogens is 3. The maximum Gasteiger partial charge on any atom is 0.449 e. The lowest BCUT2D eigenvalue weighted by Gasteiger charge is -2.37. The molecule has 0 unspecified atom stereocenters. The van der Waals surface area contributed by atoms with Crippen molar-refractivity contribution in [2.75, 3.05) is 39.9 Å². The first-order valence-electron chi connectivity index (χ1n) is 8.99. The van der Waals surface area contributed by atoms with Crippen molar-refractivity contribution in [2.24, 2.45) is 0 Å². The summed E-state index contributed by atoms with van der Waals surface area (Å²) < 4.78 is 47.7. The Balaban J connectivity index is 1.78. The number of likely N-dealkylation sites (N-methyl/N-ethyl adjacent to an activating group) is 1. The Bertz CT molecular complexity index is 959. The minimum absolute atomic E-state index is 0.0607. The van der Waals surface area contributed by atoms with Crippen molar-refractivity contribution < 1.29 is 32.0 Å². The van der Waals surface area contributed by atoms with Crippen molar-refractivity contribution in [2.45, 2.75) is 12.7 Å². The van der Waals surface area contributed by atoms with E-state index in [1.54, 1.807) is 12.1 Å². The molecule has 148 valence electrons. The Labute approximate surface area is 159 Å². The van der Waals surface area contributed by atoms with E-state index in [1.165, 1.54) is 12.1 Å². The van der Waals surface area contributed by atoms with Crippen molar-refractivity contribution in [3.63, 3.8) is 0 Å². The van der Waals surface area contributed by atoms with Crippen LogP contribution < -0.4 is 0 Å². The summed E-state index contributed by atoms with van der Waals surface area (Å²) in [7, 11) is 1.95. The van der Waals surface area contributed by atoms with Crippen molar-refractivity contribution in [1.82, 2.24) is 9.55 Å². The van der Waals surface area contributed by atoms with Gasteiger partial charge in [-0.05, 0) is 0 Å². The third-order valence-corrected chi connectivity index (χ3v) is 5.48. The summed E-state index contributed by atoms with van der Waals surface area (Å²) >= 11 is 0. The molecule has 2 heterocycles. The number of alkyl halides is 3. The van der Waals surface area contributed by atoms with Crippen LogP contribution >= 0.6 is 0 Å². The lowest BCUT2D eigenvalue weighted by Crippen LogP contribution is -2.53. The van der Waals surface area contributed by atoms with Crippen LogP contribution in [0.5, 0.6) is 0 Å². The fourth-order valence-electron chi connectivity index (χ4n) is 3.76. The van der Waals surface area contributed by atoms with Gasteiger partial charge in [-0.2, -0.15) is 13.2 Å². The normalized spacial score (nSPS) is 18.7. The molecule has 2 aromatic rings. The zero-order valence-electron chi connectivity index (χ0n) is 15.3.